The third kappa shape index (κ3) is 4.74. The molecule has 0 radical (unpaired) electrons. The van der Waals surface area contributed by atoms with Crippen molar-refractivity contribution in [2.45, 2.75) is 20.0 Å². The fraction of sp³-hybridized carbons (Fsp3) is 0.167. The molecule has 0 saturated heterocycles. The second-order valence-electron chi connectivity index (χ2n) is 5.04. The van der Waals surface area contributed by atoms with Crippen LogP contribution in [0.15, 0.2) is 54.6 Å². The number of nitrogens with one attached hydrogen (secondary N) is 1. The fourth-order valence-corrected chi connectivity index (χ4v) is 1.88. The molecule has 0 aliphatic rings. The van der Waals surface area contributed by atoms with Crippen molar-refractivity contribution in [2.24, 2.45) is 0 Å². The lowest BCUT2D eigenvalue weighted by Crippen LogP contribution is -2.12. The van der Waals surface area contributed by atoms with Gasteiger partial charge in [-0.3, -0.25) is 4.79 Å². The number of para-hydroxylation sites is 2. The molecule has 0 heterocycles. The van der Waals surface area contributed by atoms with Crippen molar-refractivity contribution >= 4 is 17.7 Å². The maximum Gasteiger partial charge on any atom is 0.248 e. The van der Waals surface area contributed by atoms with Gasteiger partial charge >= 0.3 is 0 Å². The molecule has 0 saturated carbocycles. The van der Waals surface area contributed by atoms with Crippen LogP contribution in [0.1, 0.15) is 19.4 Å². The Morgan fingerprint density at radius 1 is 1.18 bits per heavy atom. The van der Waals surface area contributed by atoms with Gasteiger partial charge in [0.15, 0.2) is 0 Å². The number of hydrogen-bond donors (Lipinski definition) is 1. The van der Waals surface area contributed by atoms with Gasteiger partial charge in [0.1, 0.15) is 11.6 Å². The summed E-state index contributed by atoms with van der Waals surface area (Å²) in [6, 6.07) is 13.3. The smallest absolute Gasteiger partial charge is 0.248 e. The largest absolute Gasteiger partial charge is 0.489 e. The van der Waals surface area contributed by atoms with Crippen LogP contribution in [0.2, 0.25) is 0 Å². The van der Waals surface area contributed by atoms with E-state index < -0.39 is 0 Å². The summed E-state index contributed by atoms with van der Waals surface area (Å²) >= 11 is 0. The Labute approximate surface area is 129 Å². The Kier molecular flexibility index (Phi) is 5.31. The Morgan fingerprint density at radius 3 is 2.68 bits per heavy atom. The van der Waals surface area contributed by atoms with E-state index in [0.717, 1.165) is 0 Å². The highest BCUT2D eigenvalue weighted by Gasteiger charge is 2.06. The topological polar surface area (TPSA) is 38.3 Å². The predicted molar refractivity (Wildman–Crippen MR) is 86.3 cm³/mol. The minimum atomic E-state index is -0.335. The molecule has 0 bridgehead atoms. The third-order valence-electron chi connectivity index (χ3n) is 2.78. The molecule has 0 spiro atoms. The van der Waals surface area contributed by atoms with Gasteiger partial charge < -0.3 is 10.1 Å². The van der Waals surface area contributed by atoms with Crippen LogP contribution in [0.3, 0.4) is 0 Å². The quantitative estimate of drug-likeness (QED) is 0.838. The van der Waals surface area contributed by atoms with Gasteiger partial charge in [0.2, 0.25) is 5.91 Å². The molecule has 0 fully saturated rings. The van der Waals surface area contributed by atoms with Crippen LogP contribution >= 0.6 is 0 Å². The molecule has 0 atom stereocenters. The first-order valence-electron chi connectivity index (χ1n) is 7.05. The lowest BCUT2D eigenvalue weighted by atomic mass is 10.2. The zero-order chi connectivity index (χ0) is 15.9. The first-order chi connectivity index (χ1) is 10.5. The van der Waals surface area contributed by atoms with Crippen molar-refractivity contribution in [3.05, 3.63) is 66.0 Å². The number of carbonyl (C=O) groups excluding carboxylic acids is 1. The van der Waals surface area contributed by atoms with Crippen molar-refractivity contribution in [1.29, 1.82) is 0 Å². The van der Waals surface area contributed by atoms with Gasteiger partial charge in [0, 0.05) is 6.08 Å². The molecule has 2 rings (SSSR count). The van der Waals surface area contributed by atoms with Crippen LogP contribution in [0.4, 0.5) is 10.1 Å². The van der Waals surface area contributed by atoms with Gasteiger partial charge in [-0.15, -0.1) is 0 Å². The molecule has 0 unspecified atom stereocenters. The molecule has 0 aliphatic heterocycles. The lowest BCUT2D eigenvalue weighted by molar-refractivity contribution is -0.111. The highest BCUT2D eigenvalue weighted by Crippen LogP contribution is 2.24. The number of rotatable bonds is 5. The first kappa shape index (κ1) is 15.8. The molecule has 1 amide bonds. The minimum Gasteiger partial charge on any atom is -0.489 e. The molecule has 0 aliphatic carbocycles. The van der Waals surface area contributed by atoms with Crippen LogP contribution in [-0.4, -0.2) is 12.0 Å². The van der Waals surface area contributed by atoms with E-state index in [9.17, 15) is 9.18 Å². The number of amides is 1. The second-order valence-corrected chi connectivity index (χ2v) is 5.04. The normalized spacial score (nSPS) is 10.9. The van der Waals surface area contributed by atoms with Gasteiger partial charge in [0.05, 0.1) is 11.8 Å². The summed E-state index contributed by atoms with van der Waals surface area (Å²) in [4.78, 5) is 12.0. The van der Waals surface area contributed by atoms with E-state index in [2.05, 4.69) is 5.32 Å². The van der Waals surface area contributed by atoms with Crippen LogP contribution in [0, 0.1) is 5.82 Å². The van der Waals surface area contributed by atoms with Crippen molar-refractivity contribution in [1.82, 2.24) is 0 Å². The third-order valence-corrected chi connectivity index (χ3v) is 2.78. The van der Waals surface area contributed by atoms with E-state index in [1.165, 1.54) is 18.2 Å². The van der Waals surface area contributed by atoms with Gasteiger partial charge in [0.25, 0.3) is 0 Å². The lowest BCUT2D eigenvalue weighted by Gasteiger charge is -2.14. The average Bonchev–Trinajstić information content (AvgIpc) is 2.47. The summed E-state index contributed by atoms with van der Waals surface area (Å²) in [7, 11) is 0. The minimum absolute atomic E-state index is 0.0147. The number of ether oxygens (including phenoxy) is 1. The summed E-state index contributed by atoms with van der Waals surface area (Å²) in [6.07, 6.45) is 2.94. The molecule has 0 aromatic heterocycles. The Hall–Kier alpha value is -2.62. The molecule has 4 heteroatoms. The molecule has 1 N–H and O–H groups in total. The van der Waals surface area contributed by atoms with Gasteiger partial charge in [-0.25, -0.2) is 4.39 Å². The van der Waals surface area contributed by atoms with Crippen LogP contribution in [0.5, 0.6) is 5.75 Å². The molecule has 3 nitrogen and oxygen atoms in total. The molecular formula is C18H18FNO2. The average molecular weight is 299 g/mol. The molecular weight excluding hydrogens is 281 g/mol. The van der Waals surface area contributed by atoms with E-state index in [0.29, 0.717) is 17.0 Å². The SMILES string of the molecule is CC(C)Oc1ccccc1NC(=O)/C=C/c1cccc(F)c1. The van der Waals surface area contributed by atoms with Crippen molar-refractivity contribution < 1.29 is 13.9 Å². The summed E-state index contributed by atoms with van der Waals surface area (Å²) in [5.74, 6) is -0.0210. The number of carbonyl (C=O) groups is 1. The maximum absolute atomic E-state index is 13.1. The fourth-order valence-electron chi connectivity index (χ4n) is 1.88. The van der Waals surface area contributed by atoms with Gasteiger partial charge in [-0.2, -0.15) is 0 Å². The van der Waals surface area contributed by atoms with Crippen molar-refractivity contribution in [2.75, 3.05) is 5.32 Å². The summed E-state index contributed by atoms with van der Waals surface area (Å²) in [5.41, 5.74) is 1.23. The van der Waals surface area contributed by atoms with E-state index >= 15 is 0 Å². The van der Waals surface area contributed by atoms with Crippen LogP contribution < -0.4 is 10.1 Å². The van der Waals surface area contributed by atoms with E-state index in [4.69, 9.17) is 4.74 Å². The summed E-state index contributed by atoms with van der Waals surface area (Å²) in [6.45, 7) is 3.84. The van der Waals surface area contributed by atoms with Gasteiger partial charge in [-0.05, 0) is 49.8 Å². The summed E-state index contributed by atoms with van der Waals surface area (Å²) < 4.78 is 18.7. The number of benzene rings is 2. The van der Waals surface area contributed by atoms with Gasteiger partial charge in [-0.1, -0.05) is 24.3 Å². The first-order valence-corrected chi connectivity index (χ1v) is 7.05. The second kappa shape index (κ2) is 7.41. The van der Waals surface area contributed by atoms with E-state index in [1.807, 2.05) is 26.0 Å². The molecule has 22 heavy (non-hydrogen) atoms. The highest BCUT2D eigenvalue weighted by atomic mass is 19.1. The van der Waals surface area contributed by atoms with Crippen LogP contribution in [0.25, 0.3) is 6.08 Å². The Morgan fingerprint density at radius 2 is 1.95 bits per heavy atom. The Balaban J connectivity index is 2.06. The molecule has 2 aromatic carbocycles. The zero-order valence-corrected chi connectivity index (χ0v) is 12.5. The highest BCUT2D eigenvalue weighted by molar-refractivity contribution is 6.02. The maximum atomic E-state index is 13.1. The standard InChI is InChI=1S/C18H18FNO2/c1-13(2)22-17-9-4-3-8-16(17)20-18(21)11-10-14-6-5-7-15(19)12-14/h3-13H,1-2H3,(H,20,21)/b11-10+. The monoisotopic (exact) mass is 299 g/mol. The van der Waals surface area contributed by atoms with Crippen LogP contribution in [-0.2, 0) is 4.79 Å². The number of anilines is 1. The predicted octanol–water partition coefficient (Wildman–Crippen LogP) is 4.26. The van der Waals surface area contributed by atoms with Crippen molar-refractivity contribution in [3.8, 4) is 5.75 Å². The number of halogens is 1. The summed E-state index contributed by atoms with van der Waals surface area (Å²) in [5, 5.41) is 2.76. The molecule has 2 aromatic rings. The number of hydrogen-bond acceptors (Lipinski definition) is 2. The zero-order valence-electron chi connectivity index (χ0n) is 12.5. The van der Waals surface area contributed by atoms with Crippen molar-refractivity contribution in [3.63, 3.8) is 0 Å². The molecule has 114 valence electrons. The van der Waals surface area contributed by atoms with E-state index in [-0.39, 0.29) is 17.8 Å². The van der Waals surface area contributed by atoms with E-state index in [1.54, 1.807) is 30.3 Å². The Bertz CT molecular complexity index is 680.